The first kappa shape index (κ1) is 19.8. The van der Waals surface area contributed by atoms with Gasteiger partial charge in [-0.25, -0.2) is 0 Å². The summed E-state index contributed by atoms with van der Waals surface area (Å²) in [7, 11) is 0. The van der Waals surface area contributed by atoms with Crippen molar-refractivity contribution in [3.05, 3.63) is 86.4 Å². The molecule has 7 heteroatoms. The molecule has 0 N–H and O–H groups in total. The van der Waals surface area contributed by atoms with E-state index >= 15 is 0 Å². The van der Waals surface area contributed by atoms with E-state index in [1.54, 1.807) is 36.4 Å². The highest BCUT2D eigenvalue weighted by Gasteiger charge is 2.35. The first-order valence-electron chi connectivity index (χ1n) is 8.77. The quantitative estimate of drug-likeness (QED) is 0.416. The first-order chi connectivity index (χ1) is 13.9. The number of furan rings is 1. The molecule has 0 aliphatic carbocycles. The van der Waals surface area contributed by atoms with Gasteiger partial charge in [-0.15, -0.1) is 0 Å². The lowest BCUT2D eigenvalue weighted by atomic mass is 10.1. The number of hydrogen-bond acceptors (Lipinski definition) is 4. The Morgan fingerprint density at radius 3 is 2.59 bits per heavy atom. The second-order valence-corrected chi connectivity index (χ2v) is 8.33. The highest BCUT2D eigenvalue weighted by atomic mass is 35.5. The van der Waals surface area contributed by atoms with Crippen LogP contribution in [0.3, 0.4) is 0 Å². The van der Waals surface area contributed by atoms with Gasteiger partial charge in [-0.2, -0.15) is 0 Å². The molecule has 4 nitrogen and oxygen atoms in total. The number of amides is 2. The topological polar surface area (TPSA) is 50.5 Å². The molecule has 0 bridgehead atoms. The number of carbonyl (C=O) groups excluding carboxylic acids is 2. The van der Waals surface area contributed by atoms with Gasteiger partial charge in [-0.05, 0) is 60.1 Å². The molecule has 1 aliphatic heterocycles. The zero-order valence-electron chi connectivity index (χ0n) is 15.3. The van der Waals surface area contributed by atoms with Crippen LogP contribution < -0.4 is 0 Å². The van der Waals surface area contributed by atoms with Crippen LogP contribution in [0.4, 0.5) is 4.79 Å². The molecule has 0 saturated carbocycles. The standard InChI is InChI=1S/C22H15Cl2NO3S/c1-13-4-2-3-5-15(13)12-25-21(26)20(29-22(25)27)11-16-7-9-19(28-16)14-6-8-17(23)18(24)10-14/h2-11H,12H2,1H3/b20-11-. The minimum Gasteiger partial charge on any atom is -0.457 e. The number of imide groups is 1. The lowest BCUT2D eigenvalue weighted by Crippen LogP contribution is -2.27. The number of hydrogen-bond donors (Lipinski definition) is 0. The fourth-order valence-corrected chi connectivity index (χ4v) is 4.07. The van der Waals surface area contributed by atoms with Gasteiger partial charge in [0.25, 0.3) is 11.1 Å². The van der Waals surface area contributed by atoms with Crippen LogP contribution in [0.15, 0.2) is 63.9 Å². The van der Waals surface area contributed by atoms with Crippen LogP contribution in [0.25, 0.3) is 17.4 Å². The Kier molecular flexibility index (Phi) is 5.54. The molecule has 4 rings (SSSR count). The van der Waals surface area contributed by atoms with E-state index in [9.17, 15) is 9.59 Å². The van der Waals surface area contributed by atoms with Gasteiger partial charge in [0.15, 0.2) is 0 Å². The van der Waals surface area contributed by atoms with Crippen LogP contribution in [0.5, 0.6) is 0 Å². The van der Waals surface area contributed by atoms with E-state index in [1.165, 1.54) is 4.90 Å². The van der Waals surface area contributed by atoms with Crippen molar-refractivity contribution in [2.45, 2.75) is 13.5 Å². The summed E-state index contributed by atoms with van der Waals surface area (Å²) >= 11 is 12.9. The molecular weight excluding hydrogens is 429 g/mol. The van der Waals surface area contributed by atoms with Crippen molar-refractivity contribution in [3.8, 4) is 11.3 Å². The predicted molar refractivity (Wildman–Crippen MR) is 117 cm³/mol. The van der Waals surface area contributed by atoms with E-state index in [1.807, 2.05) is 31.2 Å². The van der Waals surface area contributed by atoms with E-state index in [4.69, 9.17) is 27.6 Å². The van der Waals surface area contributed by atoms with Crippen LogP contribution in [0.2, 0.25) is 10.0 Å². The average Bonchev–Trinajstić information content (AvgIpc) is 3.26. The largest absolute Gasteiger partial charge is 0.457 e. The molecule has 29 heavy (non-hydrogen) atoms. The summed E-state index contributed by atoms with van der Waals surface area (Å²) in [6.07, 6.45) is 1.59. The molecule has 0 spiro atoms. The van der Waals surface area contributed by atoms with Crippen molar-refractivity contribution in [1.29, 1.82) is 0 Å². The maximum atomic E-state index is 12.7. The fraction of sp³-hybridized carbons (Fsp3) is 0.0909. The molecular formula is C22H15Cl2NO3S. The first-order valence-corrected chi connectivity index (χ1v) is 10.3. The van der Waals surface area contributed by atoms with Gasteiger partial charge in [0, 0.05) is 11.6 Å². The number of carbonyl (C=O) groups is 2. The molecule has 2 heterocycles. The Hall–Kier alpha value is -2.47. The molecule has 3 aromatic rings. The van der Waals surface area contributed by atoms with Crippen molar-refractivity contribution in [2.75, 3.05) is 0 Å². The summed E-state index contributed by atoms with van der Waals surface area (Å²) in [5.74, 6) is 0.747. The minimum atomic E-state index is -0.323. The van der Waals surface area contributed by atoms with E-state index in [0.717, 1.165) is 28.5 Å². The van der Waals surface area contributed by atoms with Crippen molar-refractivity contribution < 1.29 is 14.0 Å². The van der Waals surface area contributed by atoms with Gasteiger partial charge in [0.05, 0.1) is 21.5 Å². The predicted octanol–water partition coefficient (Wildman–Crippen LogP) is 6.80. The maximum absolute atomic E-state index is 12.7. The number of rotatable bonds is 4. The second kappa shape index (κ2) is 8.11. The summed E-state index contributed by atoms with van der Waals surface area (Å²) in [5.41, 5.74) is 2.75. The Morgan fingerprint density at radius 2 is 1.83 bits per heavy atom. The maximum Gasteiger partial charge on any atom is 0.293 e. The molecule has 146 valence electrons. The van der Waals surface area contributed by atoms with Crippen LogP contribution >= 0.6 is 35.0 Å². The van der Waals surface area contributed by atoms with E-state index in [-0.39, 0.29) is 17.7 Å². The molecule has 1 fully saturated rings. The Bertz CT molecular complexity index is 1150. The van der Waals surface area contributed by atoms with Gasteiger partial charge < -0.3 is 4.42 Å². The van der Waals surface area contributed by atoms with Gasteiger partial charge in [-0.3, -0.25) is 14.5 Å². The third-order valence-electron chi connectivity index (χ3n) is 4.57. The smallest absolute Gasteiger partial charge is 0.293 e. The summed E-state index contributed by atoms with van der Waals surface area (Å²) < 4.78 is 5.81. The number of aryl methyl sites for hydroxylation is 1. The van der Waals surface area contributed by atoms with Crippen LogP contribution in [-0.2, 0) is 11.3 Å². The third kappa shape index (κ3) is 4.13. The van der Waals surface area contributed by atoms with Crippen molar-refractivity contribution in [1.82, 2.24) is 4.90 Å². The molecule has 1 aromatic heterocycles. The van der Waals surface area contributed by atoms with E-state index in [0.29, 0.717) is 26.5 Å². The molecule has 2 amide bonds. The Balaban J connectivity index is 1.55. The van der Waals surface area contributed by atoms with Gasteiger partial charge in [-0.1, -0.05) is 47.5 Å². The summed E-state index contributed by atoms with van der Waals surface area (Å²) in [6, 6.07) is 16.4. The lowest BCUT2D eigenvalue weighted by Gasteiger charge is -2.14. The van der Waals surface area contributed by atoms with Gasteiger partial charge in [0.1, 0.15) is 11.5 Å². The number of benzene rings is 2. The Morgan fingerprint density at radius 1 is 1.03 bits per heavy atom. The summed E-state index contributed by atoms with van der Waals surface area (Å²) in [5, 5.41) is 0.602. The van der Waals surface area contributed by atoms with Gasteiger partial charge >= 0.3 is 0 Å². The van der Waals surface area contributed by atoms with E-state index in [2.05, 4.69) is 0 Å². The highest BCUT2D eigenvalue weighted by Crippen LogP contribution is 2.35. The number of nitrogens with zero attached hydrogens (tertiary/aromatic N) is 1. The lowest BCUT2D eigenvalue weighted by molar-refractivity contribution is -0.123. The van der Waals surface area contributed by atoms with Crippen LogP contribution in [0, 0.1) is 6.92 Å². The van der Waals surface area contributed by atoms with Crippen molar-refractivity contribution in [3.63, 3.8) is 0 Å². The highest BCUT2D eigenvalue weighted by molar-refractivity contribution is 8.18. The number of halogens is 2. The third-order valence-corrected chi connectivity index (χ3v) is 6.21. The molecule has 0 unspecified atom stereocenters. The zero-order chi connectivity index (χ0) is 20.5. The number of thioether (sulfide) groups is 1. The fourth-order valence-electron chi connectivity index (χ4n) is 2.96. The minimum absolute atomic E-state index is 0.251. The Labute approximate surface area is 182 Å². The van der Waals surface area contributed by atoms with Crippen LogP contribution in [-0.4, -0.2) is 16.0 Å². The van der Waals surface area contributed by atoms with Crippen molar-refractivity contribution >= 4 is 52.2 Å². The summed E-state index contributed by atoms with van der Waals surface area (Å²) in [4.78, 5) is 26.7. The monoisotopic (exact) mass is 443 g/mol. The van der Waals surface area contributed by atoms with Crippen LogP contribution in [0.1, 0.15) is 16.9 Å². The molecule has 0 radical (unpaired) electrons. The van der Waals surface area contributed by atoms with E-state index < -0.39 is 0 Å². The zero-order valence-corrected chi connectivity index (χ0v) is 17.6. The molecule has 1 aliphatic rings. The van der Waals surface area contributed by atoms with Gasteiger partial charge in [0.2, 0.25) is 0 Å². The SMILES string of the molecule is Cc1ccccc1CN1C(=O)S/C(=C\c2ccc(-c3ccc(Cl)c(Cl)c3)o2)C1=O. The molecule has 0 atom stereocenters. The average molecular weight is 444 g/mol. The normalized spacial score (nSPS) is 15.6. The second-order valence-electron chi connectivity index (χ2n) is 6.53. The molecule has 1 saturated heterocycles. The summed E-state index contributed by atoms with van der Waals surface area (Å²) in [6.45, 7) is 2.21. The van der Waals surface area contributed by atoms with Crippen molar-refractivity contribution in [2.24, 2.45) is 0 Å². The molecule has 2 aromatic carbocycles.